The van der Waals surface area contributed by atoms with E-state index in [1.54, 1.807) is 12.3 Å². The molecule has 2 saturated heterocycles. The van der Waals surface area contributed by atoms with Crippen molar-refractivity contribution in [3.63, 3.8) is 0 Å². The van der Waals surface area contributed by atoms with Gasteiger partial charge in [-0.05, 0) is 25.0 Å². The lowest BCUT2D eigenvalue weighted by atomic mass is 9.86. The van der Waals surface area contributed by atoms with Crippen LogP contribution in [0.3, 0.4) is 0 Å². The molecule has 0 radical (unpaired) electrons. The van der Waals surface area contributed by atoms with Crippen LogP contribution in [0.1, 0.15) is 23.2 Å². The number of pyridine rings is 1. The van der Waals surface area contributed by atoms with E-state index in [0.717, 1.165) is 24.9 Å². The first-order chi connectivity index (χ1) is 14.5. The van der Waals surface area contributed by atoms with Gasteiger partial charge in [0.25, 0.3) is 5.91 Å². The summed E-state index contributed by atoms with van der Waals surface area (Å²) in [4.78, 5) is 19.4. The van der Waals surface area contributed by atoms with E-state index in [2.05, 4.69) is 15.2 Å². The third kappa shape index (κ3) is 4.60. The van der Waals surface area contributed by atoms with E-state index in [0.29, 0.717) is 43.8 Å². The average Bonchev–Trinajstić information content (AvgIpc) is 2.76. The van der Waals surface area contributed by atoms with Crippen LogP contribution < -0.4 is 11.1 Å². The highest BCUT2D eigenvalue weighted by Gasteiger charge is 2.40. The van der Waals surface area contributed by atoms with Gasteiger partial charge in [-0.2, -0.15) is 0 Å². The SMILES string of the molecule is NC1(CNC(=O)c2cccc3cccnc23)CCN(CC2CCOCC2O)CC1Cl. The fourth-order valence-corrected chi connectivity index (χ4v) is 4.71. The Hall–Kier alpha value is -1.77. The van der Waals surface area contributed by atoms with Gasteiger partial charge >= 0.3 is 0 Å². The normalized spacial score (nSPS) is 30.3. The highest BCUT2D eigenvalue weighted by Crippen LogP contribution is 2.27. The fraction of sp³-hybridized carbons (Fsp3) is 0.545. The number of piperidine rings is 1. The third-order valence-electron chi connectivity index (χ3n) is 6.35. The zero-order chi connectivity index (χ0) is 21.1. The number of hydrogen-bond acceptors (Lipinski definition) is 6. The Morgan fingerprint density at radius 3 is 3.03 bits per heavy atom. The lowest BCUT2D eigenvalue weighted by Crippen LogP contribution is -2.64. The van der Waals surface area contributed by atoms with Crippen molar-refractivity contribution in [2.24, 2.45) is 11.7 Å². The van der Waals surface area contributed by atoms with E-state index in [1.807, 2.05) is 24.3 Å². The zero-order valence-electron chi connectivity index (χ0n) is 17.0. The maximum Gasteiger partial charge on any atom is 0.253 e. The first-order valence-corrected chi connectivity index (χ1v) is 10.9. The summed E-state index contributed by atoms with van der Waals surface area (Å²) in [5, 5.41) is 13.7. The molecule has 1 amide bonds. The molecular formula is C22H29ClN4O3. The van der Waals surface area contributed by atoms with Crippen LogP contribution in [0, 0.1) is 5.92 Å². The largest absolute Gasteiger partial charge is 0.390 e. The topological polar surface area (TPSA) is 101 Å². The number of aromatic nitrogens is 1. The Kier molecular flexibility index (Phi) is 6.55. The van der Waals surface area contributed by atoms with Gasteiger partial charge in [-0.3, -0.25) is 9.78 Å². The Balaban J connectivity index is 1.35. The van der Waals surface area contributed by atoms with Gasteiger partial charge in [-0.25, -0.2) is 0 Å². The number of nitrogens with zero attached hydrogens (tertiary/aromatic N) is 2. The molecule has 4 rings (SSSR count). The van der Waals surface area contributed by atoms with E-state index in [1.165, 1.54) is 0 Å². The van der Waals surface area contributed by atoms with Crippen LogP contribution in [0.15, 0.2) is 36.5 Å². The standard InChI is InChI=1S/C22H29ClN4O3/c23-19-12-27(11-16-6-10-30-13-18(16)28)9-7-22(19,24)14-26-21(29)17-5-1-3-15-4-2-8-25-20(15)17/h1-5,8,16,18-19,28H,6-7,9-14,24H2,(H,26,29). The molecule has 1 aromatic heterocycles. The number of benzene rings is 1. The van der Waals surface area contributed by atoms with Crippen LogP contribution >= 0.6 is 11.6 Å². The third-order valence-corrected chi connectivity index (χ3v) is 6.92. The number of alkyl halides is 1. The van der Waals surface area contributed by atoms with Crippen molar-refractivity contribution < 1.29 is 14.6 Å². The summed E-state index contributed by atoms with van der Waals surface area (Å²) in [7, 11) is 0. The first kappa shape index (κ1) is 21.5. The first-order valence-electron chi connectivity index (χ1n) is 10.5. The number of carbonyl (C=O) groups is 1. The maximum atomic E-state index is 12.8. The minimum absolute atomic E-state index is 0.194. The molecule has 2 aromatic rings. The van der Waals surface area contributed by atoms with Crippen LogP contribution in [-0.2, 0) is 4.74 Å². The van der Waals surface area contributed by atoms with Crippen molar-refractivity contribution in [3.8, 4) is 0 Å². The molecule has 2 fully saturated rings. The number of rotatable bonds is 5. The second-order valence-electron chi connectivity index (χ2n) is 8.46. The summed E-state index contributed by atoms with van der Waals surface area (Å²) >= 11 is 6.68. The molecule has 2 aliphatic heterocycles. The van der Waals surface area contributed by atoms with E-state index < -0.39 is 11.6 Å². The van der Waals surface area contributed by atoms with Crippen LogP contribution in [-0.4, -0.2) is 77.3 Å². The number of hydrogen-bond donors (Lipinski definition) is 3. The van der Waals surface area contributed by atoms with Gasteiger partial charge in [0.05, 0.1) is 34.7 Å². The highest BCUT2D eigenvalue weighted by molar-refractivity contribution is 6.21. The second-order valence-corrected chi connectivity index (χ2v) is 8.99. The number of nitrogens with two attached hydrogens (primary N) is 1. The van der Waals surface area contributed by atoms with Crippen molar-refractivity contribution in [2.75, 3.05) is 39.4 Å². The van der Waals surface area contributed by atoms with Crippen molar-refractivity contribution in [1.29, 1.82) is 0 Å². The summed E-state index contributed by atoms with van der Waals surface area (Å²) in [6, 6.07) is 9.34. The van der Waals surface area contributed by atoms with Crippen LogP contribution in [0.5, 0.6) is 0 Å². The minimum atomic E-state index is -0.681. The van der Waals surface area contributed by atoms with Gasteiger partial charge in [0, 0.05) is 50.3 Å². The van der Waals surface area contributed by atoms with Gasteiger partial charge in [-0.1, -0.05) is 18.2 Å². The molecule has 0 saturated carbocycles. The molecule has 4 atom stereocenters. The molecule has 3 heterocycles. The van der Waals surface area contributed by atoms with Crippen molar-refractivity contribution in [2.45, 2.75) is 29.9 Å². The number of carbonyl (C=O) groups excluding carboxylic acids is 1. The summed E-state index contributed by atoms with van der Waals surface area (Å²) in [5.74, 6) is 0.00667. The quantitative estimate of drug-likeness (QED) is 0.617. The number of halogens is 1. The Morgan fingerprint density at radius 1 is 1.40 bits per heavy atom. The smallest absolute Gasteiger partial charge is 0.253 e. The average molecular weight is 433 g/mol. The van der Waals surface area contributed by atoms with Gasteiger partial charge in [0.2, 0.25) is 0 Å². The number of para-hydroxylation sites is 1. The van der Waals surface area contributed by atoms with Crippen molar-refractivity contribution in [3.05, 3.63) is 42.1 Å². The lowest BCUT2D eigenvalue weighted by molar-refractivity contribution is -0.0547. The number of ether oxygens (including phenoxy) is 1. The molecular weight excluding hydrogens is 404 g/mol. The lowest BCUT2D eigenvalue weighted by Gasteiger charge is -2.44. The summed E-state index contributed by atoms with van der Waals surface area (Å²) in [5.41, 5.74) is 7.14. The van der Waals surface area contributed by atoms with Gasteiger partial charge in [0.1, 0.15) is 0 Å². The van der Waals surface area contributed by atoms with E-state index >= 15 is 0 Å². The number of fused-ring (bicyclic) bond motifs is 1. The molecule has 0 aliphatic carbocycles. The summed E-state index contributed by atoms with van der Waals surface area (Å²) in [6.45, 7) is 3.60. The molecule has 0 bridgehead atoms. The van der Waals surface area contributed by atoms with E-state index in [9.17, 15) is 9.90 Å². The van der Waals surface area contributed by atoms with Crippen LogP contribution in [0.25, 0.3) is 10.9 Å². The van der Waals surface area contributed by atoms with Crippen molar-refractivity contribution >= 4 is 28.4 Å². The number of nitrogens with one attached hydrogen (secondary N) is 1. The van der Waals surface area contributed by atoms with Crippen LogP contribution in [0.2, 0.25) is 0 Å². The fourth-order valence-electron chi connectivity index (χ4n) is 4.33. The Bertz CT molecular complexity index is 892. The zero-order valence-corrected chi connectivity index (χ0v) is 17.7. The number of aliphatic hydroxyl groups excluding tert-OH is 1. The van der Waals surface area contributed by atoms with E-state index in [-0.39, 0.29) is 17.2 Å². The minimum Gasteiger partial charge on any atom is -0.390 e. The van der Waals surface area contributed by atoms with Crippen LogP contribution in [0.4, 0.5) is 0 Å². The number of likely N-dealkylation sites (tertiary alicyclic amines) is 1. The highest BCUT2D eigenvalue weighted by atomic mass is 35.5. The number of aliphatic hydroxyl groups is 1. The molecule has 2 aliphatic rings. The molecule has 4 N–H and O–H groups in total. The molecule has 4 unspecified atom stereocenters. The van der Waals surface area contributed by atoms with Crippen molar-refractivity contribution in [1.82, 2.24) is 15.2 Å². The molecule has 0 spiro atoms. The number of amides is 1. The molecule has 162 valence electrons. The van der Waals surface area contributed by atoms with Gasteiger partial charge < -0.3 is 25.8 Å². The Labute approximate surface area is 181 Å². The van der Waals surface area contributed by atoms with Gasteiger partial charge in [-0.15, -0.1) is 11.6 Å². The summed E-state index contributed by atoms with van der Waals surface area (Å²) in [6.07, 6.45) is 2.79. The Morgan fingerprint density at radius 2 is 2.23 bits per heavy atom. The molecule has 1 aromatic carbocycles. The summed E-state index contributed by atoms with van der Waals surface area (Å²) < 4.78 is 5.31. The molecule has 7 nitrogen and oxygen atoms in total. The maximum absolute atomic E-state index is 12.8. The predicted octanol–water partition coefficient (Wildman–Crippen LogP) is 1.37. The van der Waals surface area contributed by atoms with E-state index in [4.69, 9.17) is 22.1 Å². The molecule has 8 heteroatoms. The second kappa shape index (κ2) is 9.16. The van der Waals surface area contributed by atoms with Gasteiger partial charge in [0.15, 0.2) is 0 Å². The molecule has 30 heavy (non-hydrogen) atoms. The monoisotopic (exact) mass is 432 g/mol. The predicted molar refractivity (Wildman–Crippen MR) is 117 cm³/mol.